The Bertz CT molecular complexity index is 330. The molecular formula is C11H12O3. The number of ketones is 1. The molecule has 3 nitrogen and oxygen atoms in total. The van der Waals surface area contributed by atoms with E-state index in [2.05, 4.69) is 4.74 Å². The van der Waals surface area contributed by atoms with Gasteiger partial charge in [-0.2, -0.15) is 0 Å². The molecule has 0 bridgehead atoms. The maximum Gasteiger partial charge on any atom is 0.374 e. The number of methoxy groups -OCH3 is 1. The van der Waals surface area contributed by atoms with E-state index < -0.39 is 17.7 Å². The summed E-state index contributed by atoms with van der Waals surface area (Å²) in [7, 11) is 1.21. The number of benzene rings is 1. The van der Waals surface area contributed by atoms with Crippen LogP contribution in [0.1, 0.15) is 18.4 Å². The van der Waals surface area contributed by atoms with E-state index in [1.807, 2.05) is 30.3 Å². The second-order valence-corrected chi connectivity index (χ2v) is 2.99. The fraction of sp³-hybridized carbons (Fsp3) is 0.273. The molecule has 0 unspecified atom stereocenters. The lowest BCUT2D eigenvalue weighted by atomic mass is 9.97. The van der Waals surface area contributed by atoms with E-state index in [-0.39, 0.29) is 0 Å². The molecule has 0 aromatic heterocycles. The smallest absolute Gasteiger partial charge is 0.374 e. The van der Waals surface area contributed by atoms with E-state index in [1.54, 1.807) is 6.92 Å². The van der Waals surface area contributed by atoms with E-state index in [1.165, 1.54) is 7.11 Å². The van der Waals surface area contributed by atoms with Crippen molar-refractivity contribution in [2.75, 3.05) is 7.11 Å². The zero-order valence-electron chi connectivity index (χ0n) is 8.19. The van der Waals surface area contributed by atoms with E-state index in [0.29, 0.717) is 0 Å². The third kappa shape index (κ3) is 2.19. The number of Topliss-reactive ketones (excluding diaryl/α,β-unsaturated/α-hetero) is 1. The Kier molecular flexibility index (Phi) is 3.40. The molecule has 1 aromatic carbocycles. The summed E-state index contributed by atoms with van der Waals surface area (Å²) in [6, 6.07) is 9.14. The van der Waals surface area contributed by atoms with Gasteiger partial charge >= 0.3 is 5.97 Å². The van der Waals surface area contributed by atoms with Crippen LogP contribution in [0.3, 0.4) is 0 Å². The molecule has 0 N–H and O–H groups in total. The number of ether oxygens (including phenoxy) is 1. The third-order valence-corrected chi connectivity index (χ3v) is 2.08. The van der Waals surface area contributed by atoms with Gasteiger partial charge in [-0.3, -0.25) is 4.79 Å². The Morgan fingerprint density at radius 1 is 1.21 bits per heavy atom. The fourth-order valence-corrected chi connectivity index (χ4v) is 1.17. The van der Waals surface area contributed by atoms with Crippen LogP contribution in [-0.4, -0.2) is 18.9 Å². The zero-order valence-corrected chi connectivity index (χ0v) is 8.19. The Balaban J connectivity index is 2.81. The normalized spacial score (nSPS) is 11.9. The molecular weight excluding hydrogens is 180 g/mol. The Labute approximate surface area is 82.7 Å². The highest BCUT2D eigenvalue weighted by atomic mass is 16.5. The number of hydrogen-bond donors (Lipinski definition) is 0. The van der Waals surface area contributed by atoms with Crippen LogP contribution in [0.4, 0.5) is 0 Å². The SMILES string of the molecule is COC(=O)C(=O)[C@H](C)c1ccccc1. The van der Waals surface area contributed by atoms with Crippen LogP contribution in [-0.2, 0) is 14.3 Å². The molecule has 0 aliphatic carbocycles. The Morgan fingerprint density at radius 3 is 2.29 bits per heavy atom. The Hall–Kier alpha value is -1.64. The molecule has 0 saturated carbocycles. The number of carbonyl (C=O) groups is 2. The standard InChI is InChI=1S/C11H12O3/c1-8(10(12)11(13)14-2)9-6-4-3-5-7-9/h3-8H,1-2H3/t8-/m1/s1. The van der Waals surface area contributed by atoms with Gasteiger partial charge in [-0.05, 0) is 5.56 Å². The van der Waals surface area contributed by atoms with Crippen LogP contribution in [0.15, 0.2) is 30.3 Å². The van der Waals surface area contributed by atoms with Crippen molar-refractivity contribution < 1.29 is 14.3 Å². The zero-order chi connectivity index (χ0) is 10.6. The molecule has 1 aromatic rings. The van der Waals surface area contributed by atoms with Crippen LogP contribution in [0.5, 0.6) is 0 Å². The maximum atomic E-state index is 11.4. The summed E-state index contributed by atoms with van der Waals surface area (Å²) >= 11 is 0. The average molecular weight is 192 g/mol. The van der Waals surface area contributed by atoms with Gasteiger partial charge in [-0.1, -0.05) is 37.3 Å². The first kappa shape index (κ1) is 10.4. The minimum absolute atomic E-state index is 0.441. The average Bonchev–Trinajstić information content (AvgIpc) is 2.27. The van der Waals surface area contributed by atoms with Crippen molar-refractivity contribution in [1.29, 1.82) is 0 Å². The summed E-state index contributed by atoms with van der Waals surface area (Å²) < 4.78 is 4.37. The van der Waals surface area contributed by atoms with Gasteiger partial charge in [0.25, 0.3) is 0 Å². The van der Waals surface area contributed by atoms with E-state index >= 15 is 0 Å². The number of rotatable bonds is 3. The summed E-state index contributed by atoms with van der Waals surface area (Å²) in [5.41, 5.74) is 0.822. The van der Waals surface area contributed by atoms with Gasteiger partial charge in [0.1, 0.15) is 0 Å². The lowest BCUT2D eigenvalue weighted by Crippen LogP contribution is -2.21. The van der Waals surface area contributed by atoms with Crippen LogP contribution in [0.25, 0.3) is 0 Å². The highest BCUT2D eigenvalue weighted by Crippen LogP contribution is 2.15. The summed E-state index contributed by atoms with van der Waals surface area (Å²) in [5.74, 6) is -1.75. The molecule has 74 valence electrons. The van der Waals surface area contributed by atoms with Crippen LogP contribution >= 0.6 is 0 Å². The topological polar surface area (TPSA) is 43.4 Å². The number of hydrogen-bond acceptors (Lipinski definition) is 3. The molecule has 0 radical (unpaired) electrons. The molecule has 1 rings (SSSR count). The van der Waals surface area contributed by atoms with Gasteiger partial charge in [0.2, 0.25) is 5.78 Å². The summed E-state index contributed by atoms with van der Waals surface area (Å²) in [6.07, 6.45) is 0. The van der Waals surface area contributed by atoms with Crippen LogP contribution < -0.4 is 0 Å². The largest absolute Gasteiger partial charge is 0.463 e. The lowest BCUT2D eigenvalue weighted by Gasteiger charge is -2.08. The summed E-state index contributed by atoms with van der Waals surface area (Å²) in [4.78, 5) is 22.4. The van der Waals surface area contributed by atoms with Crippen molar-refractivity contribution in [2.45, 2.75) is 12.8 Å². The van der Waals surface area contributed by atoms with Gasteiger partial charge in [-0.25, -0.2) is 4.79 Å². The van der Waals surface area contributed by atoms with Crippen molar-refractivity contribution in [1.82, 2.24) is 0 Å². The van der Waals surface area contributed by atoms with E-state index in [4.69, 9.17) is 0 Å². The summed E-state index contributed by atoms with van der Waals surface area (Å²) in [5, 5.41) is 0. The summed E-state index contributed by atoms with van der Waals surface area (Å²) in [6.45, 7) is 1.69. The minimum Gasteiger partial charge on any atom is -0.463 e. The van der Waals surface area contributed by atoms with Crippen molar-refractivity contribution in [3.05, 3.63) is 35.9 Å². The van der Waals surface area contributed by atoms with E-state index in [9.17, 15) is 9.59 Å². The predicted octanol–water partition coefficient (Wildman–Crippen LogP) is 1.53. The first-order valence-corrected chi connectivity index (χ1v) is 4.34. The first-order chi connectivity index (χ1) is 6.66. The maximum absolute atomic E-state index is 11.4. The van der Waals surface area contributed by atoms with Crippen molar-refractivity contribution in [2.24, 2.45) is 0 Å². The molecule has 3 heteroatoms. The molecule has 0 fully saturated rings. The molecule has 0 heterocycles. The quantitative estimate of drug-likeness (QED) is 0.539. The Morgan fingerprint density at radius 2 is 1.79 bits per heavy atom. The second kappa shape index (κ2) is 4.56. The van der Waals surface area contributed by atoms with Gasteiger partial charge in [0.05, 0.1) is 13.0 Å². The number of esters is 1. The number of carbonyl (C=O) groups excluding carboxylic acids is 2. The minimum atomic E-state index is -0.790. The molecule has 1 atom stereocenters. The fourth-order valence-electron chi connectivity index (χ4n) is 1.17. The van der Waals surface area contributed by atoms with Crippen molar-refractivity contribution >= 4 is 11.8 Å². The van der Waals surface area contributed by atoms with Crippen LogP contribution in [0.2, 0.25) is 0 Å². The van der Waals surface area contributed by atoms with Gasteiger partial charge in [0, 0.05) is 0 Å². The van der Waals surface area contributed by atoms with Crippen molar-refractivity contribution in [3.63, 3.8) is 0 Å². The van der Waals surface area contributed by atoms with Crippen molar-refractivity contribution in [3.8, 4) is 0 Å². The monoisotopic (exact) mass is 192 g/mol. The molecule has 0 saturated heterocycles. The van der Waals surface area contributed by atoms with Gasteiger partial charge in [0.15, 0.2) is 0 Å². The lowest BCUT2D eigenvalue weighted by molar-refractivity contribution is -0.152. The molecule has 0 amide bonds. The molecule has 14 heavy (non-hydrogen) atoms. The molecule has 0 aliphatic rings. The third-order valence-electron chi connectivity index (χ3n) is 2.08. The highest BCUT2D eigenvalue weighted by molar-refractivity contribution is 6.35. The molecule has 0 spiro atoms. The first-order valence-electron chi connectivity index (χ1n) is 4.34. The predicted molar refractivity (Wildman–Crippen MR) is 51.9 cm³/mol. The molecule has 0 aliphatic heterocycles. The van der Waals surface area contributed by atoms with Gasteiger partial charge in [-0.15, -0.1) is 0 Å². The highest BCUT2D eigenvalue weighted by Gasteiger charge is 2.22. The van der Waals surface area contributed by atoms with E-state index in [0.717, 1.165) is 5.56 Å². The van der Waals surface area contributed by atoms with Gasteiger partial charge < -0.3 is 4.74 Å². The second-order valence-electron chi connectivity index (χ2n) is 2.99. The van der Waals surface area contributed by atoms with Crippen LogP contribution in [0, 0.1) is 0 Å².